The fourth-order valence-corrected chi connectivity index (χ4v) is 5.49. The molecule has 3 aromatic rings. The summed E-state index contributed by atoms with van der Waals surface area (Å²) in [6.07, 6.45) is 0. The maximum atomic E-state index is 13.9. The third-order valence-corrected chi connectivity index (χ3v) is 8.55. The van der Waals surface area contributed by atoms with Crippen molar-refractivity contribution in [2.75, 3.05) is 17.4 Å². The Morgan fingerprint density at radius 1 is 0.897 bits per heavy atom. The largest absolute Gasteiger partial charge is 0.354 e. The molecular weight excluding hydrogens is 534 g/mol. The van der Waals surface area contributed by atoms with Crippen molar-refractivity contribution in [3.63, 3.8) is 0 Å². The van der Waals surface area contributed by atoms with Gasteiger partial charge in [0.05, 0.1) is 10.6 Å². The average molecular weight is 570 g/mol. The monoisotopic (exact) mass is 569 g/mol. The van der Waals surface area contributed by atoms with Gasteiger partial charge >= 0.3 is 0 Å². The van der Waals surface area contributed by atoms with Crippen LogP contribution >= 0.6 is 11.6 Å². The predicted molar refractivity (Wildman–Crippen MR) is 156 cm³/mol. The van der Waals surface area contributed by atoms with Crippen molar-refractivity contribution in [2.45, 2.75) is 52.1 Å². The number of anilines is 1. The van der Waals surface area contributed by atoms with E-state index in [2.05, 4.69) is 5.32 Å². The quantitative estimate of drug-likeness (QED) is 0.338. The number of benzene rings is 3. The molecular formula is C30H36ClN3O4S. The first-order valence-electron chi connectivity index (χ1n) is 12.9. The van der Waals surface area contributed by atoms with E-state index in [1.165, 1.54) is 29.2 Å². The lowest BCUT2D eigenvalue weighted by molar-refractivity contribution is -0.139. The summed E-state index contributed by atoms with van der Waals surface area (Å²) in [5.74, 6) is -0.558. The van der Waals surface area contributed by atoms with Crippen LogP contribution in [0.4, 0.5) is 5.69 Å². The highest BCUT2D eigenvalue weighted by Gasteiger charge is 2.32. The first-order chi connectivity index (χ1) is 18.4. The van der Waals surface area contributed by atoms with E-state index in [0.717, 1.165) is 21.0 Å². The van der Waals surface area contributed by atoms with Gasteiger partial charge < -0.3 is 10.2 Å². The standard InChI is InChI=1S/C30H36ClN3O4S/c1-21(2)18-32-30(36)24(5)33(19-25-9-7-6-8-10-25)29(35)20-34(27-14-11-22(3)23(4)17-27)39(37,38)28-15-12-26(31)13-16-28/h6-17,21,24H,18-20H2,1-5H3,(H,32,36)/t24-/m1/s1. The molecule has 0 saturated carbocycles. The van der Waals surface area contributed by atoms with Crippen molar-refractivity contribution in [1.29, 1.82) is 0 Å². The number of nitrogens with one attached hydrogen (secondary N) is 1. The Bertz CT molecular complexity index is 1390. The normalized spacial score (nSPS) is 12.2. The van der Waals surface area contributed by atoms with E-state index in [1.54, 1.807) is 19.1 Å². The lowest BCUT2D eigenvalue weighted by atomic mass is 10.1. The van der Waals surface area contributed by atoms with Crippen LogP contribution in [0.1, 0.15) is 37.5 Å². The predicted octanol–water partition coefficient (Wildman–Crippen LogP) is 5.34. The van der Waals surface area contributed by atoms with Crippen LogP contribution in [-0.2, 0) is 26.2 Å². The van der Waals surface area contributed by atoms with Gasteiger partial charge in [0.25, 0.3) is 10.0 Å². The van der Waals surface area contributed by atoms with Crippen molar-refractivity contribution < 1.29 is 18.0 Å². The number of hydrogen-bond donors (Lipinski definition) is 1. The maximum Gasteiger partial charge on any atom is 0.264 e. The van der Waals surface area contributed by atoms with Gasteiger partial charge in [-0.2, -0.15) is 0 Å². The zero-order valence-corrected chi connectivity index (χ0v) is 24.6. The molecule has 2 amide bonds. The molecule has 7 nitrogen and oxygen atoms in total. The average Bonchev–Trinajstić information content (AvgIpc) is 2.90. The van der Waals surface area contributed by atoms with E-state index in [0.29, 0.717) is 17.3 Å². The molecule has 0 unspecified atom stereocenters. The van der Waals surface area contributed by atoms with Crippen LogP contribution in [0, 0.1) is 19.8 Å². The summed E-state index contributed by atoms with van der Waals surface area (Å²) in [7, 11) is -4.14. The van der Waals surface area contributed by atoms with E-state index in [9.17, 15) is 18.0 Å². The molecule has 3 rings (SSSR count). The van der Waals surface area contributed by atoms with E-state index < -0.39 is 28.5 Å². The fraction of sp³-hybridized carbons (Fsp3) is 0.333. The molecule has 39 heavy (non-hydrogen) atoms. The highest BCUT2D eigenvalue weighted by Crippen LogP contribution is 2.27. The molecule has 0 radical (unpaired) electrons. The minimum Gasteiger partial charge on any atom is -0.354 e. The first kappa shape index (κ1) is 30.2. The SMILES string of the molecule is Cc1ccc(N(CC(=O)N(Cc2ccccc2)[C@H](C)C(=O)NCC(C)C)S(=O)(=O)c2ccc(Cl)cc2)cc1C. The van der Waals surface area contributed by atoms with Gasteiger partial charge in [-0.25, -0.2) is 8.42 Å². The number of carbonyl (C=O) groups excluding carboxylic acids is 2. The summed E-state index contributed by atoms with van der Waals surface area (Å²) in [6, 6.07) is 19.6. The van der Waals surface area contributed by atoms with Crippen molar-refractivity contribution in [3.8, 4) is 0 Å². The van der Waals surface area contributed by atoms with E-state index in [-0.39, 0.29) is 23.3 Å². The number of sulfonamides is 1. The Balaban J connectivity index is 2.02. The molecule has 0 saturated heterocycles. The lowest BCUT2D eigenvalue weighted by Crippen LogP contribution is -2.51. The van der Waals surface area contributed by atoms with E-state index >= 15 is 0 Å². The first-order valence-corrected chi connectivity index (χ1v) is 14.7. The van der Waals surface area contributed by atoms with Crippen LogP contribution in [0.15, 0.2) is 77.7 Å². The van der Waals surface area contributed by atoms with Gasteiger partial charge in [-0.05, 0) is 79.8 Å². The number of amides is 2. The van der Waals surface area contributed by atoms with Crippen LogP contribution in [-0.4, -0.2) is 44.3 Å². The van der Waals surface area contributed by atoms with Gasteiger partial charge in [0, 0.05) is 18.1 Å². The van der Waals surface area contributed by atoms with Gasteiger partial charge in [-0.3, -0.25) is 13.9 Å². The Morgan fingerprint density at radius 2 is 1.54 bits per heavy atom. The molecule has 0 bridgehead atoms. The van der Waals surface area contributed by atoms with Crippen LogP contribution in [0.2, 0.25) is 5.02 Å². The second kappa shape index (κ2) is 13.1. The molecule has 0 spiro atoms. The summed E-state index contributed by atoms with van der Waals surface area (Å²) in [4.78, 5) is 28.4. The summed E-state index contributed by atoms with van der Waals surface area (Å²) in [5.41, 5.74) is 3.07. The number of rotatable bonds is 11. The van der Waals surface area contributed by atoms with Gasteiger partial charge in [0.1, 0.15) is 12.6 Å². The van der Waals surface area contributed by atoms with Gasteiger partial charge in [0.15, 0.2) is 0 Å². The lowest BCUT2D eigenvalue weighted by Gasteiger charge is -2.32. The maximum absolute atomic E-state index is 13.9. The van der Waals surface area contributed by atoms with Crippen LogP contribution in [0.25, 0.3) is 0 Å². The molecule has 0 aliphatic carbocycles. The zero-order chi connectivity index (χ0) is 28.7. The topological polar surface area (TPSA) is 86.8 Å². The van der Waals surface area contributed by atoms with Gasteiger partial charge in [-0.1, -0.05) is 61.8 Å². The molecule has 0 heterocycles. The van der Waals surface area contributed by atoms with E-state index in [1.807, 2.05) is 64.1 Å². The molecule has 3 aromatic carbocycles. The molecule has 0 aromatic heterocycles. The Morgan fingerprint density at radius 3 is 2.13 bits per heavy atom. The zero-order valence-electron chi connectivity index (χ0n) is 23.0. The van der Waals surface area contributed by atoms with Crippen LogP contribution in [0.5, 0.6) is 0 Å². The van der Waals surface area contributed by atoms with Crippen molar-refractivity contribution >= 4 is 39.1 Å². The van der Waals surface area contributed by atoms with E-state index in [4.69, 9.17) is 11.6 Å². The summed E-state index contributed by atoms with van der Waals surface area (Å²) >= 11 is 6.00. The Labute approximate surface area is 236 Å². The summed E-state index contributed by atoms with van der Waals surface area (Å²) in [5, 5.41) is 3.29. The Kier molecular flexibility index (Phi) is 10.2. The number of hydrogen-bond acceptors (Lipinski definition) is 4. The minimum absolute atomic E-state index is 0.00950. The number of nitrogens with zero attached hydrogens (tertiary/aromatic N) is 2. The number of aryl methyl sites for hydroxylation is 2. The molecule has 0 aliphatic rings. The highest BCUT2D eigenvalue weighted by molar-refractivity contribution is 7.92. The van der Waals surface area contributed by atoms with Gasteiger partial charge in [0.2, 0.25) is 11.8 Å². The third kappa shape index (κ3) is 7.83. The fourth-order valence-electron chi connectivity index (χ4n) is 3.96. The minimum atomic E-state index is -4.14. The number of carbonyl (C=O) groups is 2. The van der Waals surface area contributed by atoms with Crippen LogP contribution in [0.3, 0.4) is 0 Å². The summed E-state index contributed by atoms with van der Waals surface area (Å²) in [6.45, 7) is 9.58. The molecule has 208 valence electrons. The van der Waals surface area contributed by atoms with Crippen molar-refractivity contribution in [2.24, 2.45) is 5.92 Å². The number of halogens is 1. The molecule has 0 fully saturated rings. The molecule has 0 aliphatic heterocycles. The second-order valence-electron chi connectivity index (χ2n) is 10.1. The Hall–Kier alpha value is -3.36. The molecule has 9 heteroatoms. The molecule has 1 atom stereocenters. The smallest absolute Gasteiger partial charge is 0.264 e. The second-order valence-corrected chi connectivity index (χ2v) is 12.4. The van der Waals surface area contributed by atoms with Crippen LogP contribution < -0.4 is 9.62 Å². The summed E-state index contributed by atoms with van der Waals surface area (Å²) < 4.78 is 28.8. The molecule has 1 N–H and O–H groups in total. The van der Waals surface area contributed by atoms with Crippen molar-refractivity contribution in [3.05, 3.63) is 94.5 Å². The highest BCUT2D eigenvalue weighted by atomic mass is 35.5. The van der Waals surface area contributed by atoms with Crippen molar-refractivity contribution in [1.82, 2.24) is 10.2 Å². The third-order valence-electron chi connectivity index (χ3n) is 6.51. The van der Waals surface area contributed by atoms with Gasteiger partial charge in [-0.15, -0.1) is 0 Å².